The average molecular weight is 373 g/mol. The van der Waals surface area contributed by atoms with E-state index in [4.69, 9.17) is 9.16 Å². The molecule has 0 aromatic heterocycles. The first kappa shape index (κ1) is 19.3. The van der Waals surface area contributed by atoms with Crippen LogP contribution in [0.3, 0.4) is 0 Å². The molecule has 3 rings (SSSR count). The van der Waals surface area contributed by atoms with Gasteiger partial charge in [-0.15, -0.1) is 0 Å². The number of ether oxygens (including phenoxy) is 1. The minimum absolute atomic E-state index is 0.106. The maximum Gasteiger partial charge on any atom is 0.261 e. The van der Waals surface area contributed by atoms with Gasteiger partial charge < -0.3 is 19.4 Å². The fourth-order valence-electron chi connectivity index (χ4n) is 3.82. The van der Waals surface area contributed by atoms with Crippen LogP contribution in [0.15, 0.2) is 60.7 Å². The Labute approximate surface area is 156 Å². The Balaban J connectivity index is 2.00. The van der Waals surface area contributed by atoms with E-state index in [1.807, 2.05) is 12.1 Å². The number of aliphatic hydroxyl groups is 2. The molecule has 0 bridgehead atoms. The van der Waals surface area contributed by atoms with Gasteiger partial charge in [-0.3, -0.25) is 0 Å². The van der Waals surface area contributed by atoms with Gasteiger partial charge in [-0.2, -0.15) is 0 Å². The summed E-state index contributed by atoms with van der Waals surface area (Å²) >= 11 is 0. The smallest absolute Gasteiger partial charge is 0.261 e. The second-order valence-electron chi connectivity index (χ2n) is 7.93. The van der Waals surface area contributed by atoms with Crippen LogP contribution in [0, 0.1) is 0 Å². The van der Waals surface area contributed by atoms with Crippen LogP contribution in [0.25, 0.3) is 0 Å². The molecule has 0 radical (unpaired) electrons. The summed E-state index contributed by atoms with van der Waals surface area (Å²) in [6.07, 6.45) is -1.88. The van der Waals surface area contributed by atoms with Crippen molar-refractivity contribution in [1.29, 1.82) is 0 Å². The number of hydrogen-bond acceptors (Lipinski definition) is 4. The third kappa shape index (κ3) is 3.63. The van der Waals surface area contributed by atoms with Gasteiger partial charge in [-0.25, -0.2) is 0 Å². The molecule has 1 heterocycles. The Kier molecular flexibility index (Phi) is 5.65. The minimum atomic E-state index is -2.60. The molecule has 1 saturated heterocycles. The number of benzene rings is 2. The molecule has 2 aromatic carbocycles. The van der Waals surface area contributed by atoms with Crippen LogP contribution in [-0.2, 0) is 9.16 Å². The molecule has 0 amide bonds. The largest absolute Gasteiger partial charge is 0.405 e. The molecule has 2 aromatic rings. The van der Waals surface area contributed by atoms with Gasteiger partial charge in [0, 0.05) is 6.42 Å². The fourth-order valence-corrected chi connectivity index (χ4v) is 8.41. The Hall–Kier alpha value is -1.50. The van der Waals surface area contributed by atoms with E-state index in [1.54, 1.807) is 0 Å². The summed E-state index contributed by atoms with van der Waals surface area (Å²) < 4.78 is 12.2. The van der Waals surface area contributed by atoms with E-state index in [9.17, 15) is 10.2 Å². The first-order chi connectivity index (χ1) is 12.3. The summed E-state index contributed by atoms with van der Waals surface area (Å²) in [7, 11) is -2.60. The van der Waals surface area contributed by atoms with Crippen molar-refractivity contribution >= 4 is 18.7 Å². The summed E-state index contributed by atoms with van der Waals surface area (Å²) in [6, 6.07) is 20.8. The lowest BCUT2D eigenvalue weighted by molar-refractivity contribution is -0.132. The summed E-state index contributed by atoms with van der Waals surface area (Å²) in [5.41, 5.74) is 0. The van der Waals surface area contributed by atoms with Crippen LogP contribution < -0.4 is 10.4 Å². The standard InChI is InChI=1S/C21H28O4Si/c1-21(2,3)26(17-10-6-4-7-11-17,18-12-8-5-9-13-18)24-15-16-14-19(22)20(23)25-16/h4-13,16,19-20,22-23H,14-15H2,1-3H3/t16-,19+,20?/m0/s1. The lowest BCUT2D eigenvalue weighted by atomic mass is 10.2. The Morgan fingerprint density at radius 2 is 1.46 bits per heavy atom. The van der Waals surface area contributed by atoms with Crippen molar-refractivity contribution in [3.8, 4) is 0 Å². The molecule has 140 valence electrons. The second-order valence-corrected chi connectivity index (χ2v) is 12.2. The minimum Gasteiger partial charge on any atom is -0.405 e. The van der Waals surface area contributed by atoms with Gasteiger partial charge in [-0.05, 0) is 15.4 Å². The molecule has 1 fully saturated rings. The SMILES string of the molecule is CC(C)(C)[Si](OC[C@@H]1C[C@@H](O)C(O)O1)(c1ccccc1)c1ccccc1. The third-order valence-electron chi connectivity index (χ3n) is 5.07. The van der Waals surface area contributed by atoms with Crippen LogP contribution in [-0.4, -0.2) is 43.6 Å². The molecular formula is C21H28O4Si. The maximum absolute atomic E-state index is 9.77. The predicted molar refractivity (Wildman–Crippen MR) is 105 cm³/mol. The van der Waals surface area contributed by atoms with Crippen LogP contribution in [0.2, 0.25) is 5.04 Å². The van der Waals surface area contributed by atoms with Gasteiger partial charge in [0.25, 0.3) is 8.32 Å². The van der Waals surface area contributed by atoms with Crippen molar-refractivity contribution in [2.75, 3.05) is 6.61 Å². The molecule has 4 nitrogen and oxygen atoms in total. The van der Waals surface area contributed by atoms with Crippen molar-refractivity contribution < 1.29 is 19.4 Å². The monoisotopic (exact) mass is 372 g/mol. The molecule has 26 heavy (non-hydrogen) atoms. The van der Waals surface area contributed by atoms with Gasteiger partial charge in [0.2, 0.25) is 0 Å². The van der Waals surface area contributed by atoms with Crippen molar-refractivity contribution in [3.63, 3.8) is 0 Å². The third-order valence-corrected chi connectivity index (χ3v) is 10.1. The highest BCUT2D eigenvalue weighted by Crippen LogP contribution is 2.37. The zero-order valence-electron chi connectivity index (χ0n) is 15.6. The van der Waals surface area contributed by atoms with E-state index in [1.165, 1.54) is 10.4 Å². The summed E-state index contributed by atoms with van der Waals surface area (Å²) in [6.45, 7) is 7.01. The zero-order valence-corrected chi connectivity index (χ0v) is 16.6. The predicted octanol–water partition coefficient (Wildman–Crippen LogP) is 2.03. The van der Waals surface area contributed by atoms with Crippen LogP contribution in [0.1, 0.15) is 27.2 Å². The second kappa shape index (κ2) is 7.62. The number of rotatable bonds is 5. The Morgan fingerprint density at radius 3 is 1.85 bits per heavy atom. The van der Waals surface area contributed by atoms with Crippen LogP contribution >= 0.6 is 0 Å². The van der Waals surface area contributed by atoms with Crippen molar-refractivity contribution in [1.82, 2.24) is 0 Å². The normalized spacial score (nSPS) is 24.0. The highest BCUT2D eigenvalue weighted by molar-refractivity contribution is 6.99. The van der Waals surface area contributed by atoms with Gasteiger partial charge in [0.1, 0.15) is 6.10 Å². The fraction of sp³-hybridized carbons (Fsp3) is 0.429. The van der Waals surface area contributed by atoms with Crippen LogP contribution in [0.5, 0.6) is 0 Å². The molecule has 0 spiro atoms. The summed E-state index contributed by atoms with van der Waals surface area (Å²) in [4.78, 5) is 0. The van der Waals surface area contributed by atoms with Crippen molar-refractivity contribution in [2.24, 2.45) is 0 Å². The first-order valence-corrected chi connectivity index (χ1v) is 11.0. The van der Waals surface area contributed by atoms with Gasteiger partial charge in [0.05, 0.1) is 12.7 Å². The highest BCUT2D eigenvalue weighted by atomic mass is 28.4. The van der Waals surface area contributed by atoms with E-state index in [0.717, 1.165) is 0 Å². The quantitative estimate of drug-likeness (QED) is 0.789. The molecule has 1 aliphatic heterocycles. The van der Waals surface area contributed by atoms with E-state index in [2.05, 4.69) is 69.3 Å². The molecule has 5 heteroatoms. The van der Waals surface area contributed by atoms with Gasteiger partial charge in [-0.1, -0.05) is 81.4 Å². The lowest BCUT2D eigenvalue weighted by Crippen LogP contribution is -2.67. The van der Waals surface area contributed by atoms with E-state index in [-0.39, 0.29) is 11.1 Å². The lowest BCUT2D eigenvalue weighted by Gasteiger charge is -2.43. The number of hydrogen-bond donors (Lipinski definition) is 2. The Bertz CT molecular complexity index is 649. The molecule has 3 atom stereocenters. The number of aliphatic hydroxyl groups excluding tert-OH is 2. The topological polar surface area (TPSA) is 58.9 Å². The average Bonchev–Trinajstić information content (AvgIpc) is 2.94. The molecule has 0 saturated carbocycles. The zero-order chi connectivity index (χ0) is 18.8. The van der Waals surface area contributed by atoms with E-state index in [0.29, 0.717) is 13.0 Å². The van der Waals surface area contributed by atoms with E-state index < -0.39 is 20.7 Å². The Morgan fingerprint density at radius 1 is 0.962 bits per heavy atom. The molecule has 0 aliphatic carbocycles. The van der Waals surface area contributed by atoms with Crippen molar-refractivity contribution in [3.05, 3.63) is 60.7 Å². The van der Waals surface area contributed by atoms with Gasteiger partial charge >= 0.3 is 0 Å². The summed E-state index contributed by atoms with van der Waals surface area (Å²) in [5, 5.41) is 21.8. The highest BCUT2D eigenvalue weighted by Gasteiger charge is 2.50. The molecule has 1 aliphatic rings. The van der Waals surface area contributed by atoms with E-state index >= 15 is 0 Å². The molecular weight excluding hydrogens is 344 g/mol. The van der Waals surface area contributed by atoms with Crippen molar-refractivity contribution in [2.45, 2.75) is 50.7 Å². The first-order valence-electron chi connectivity index (χ1n) is 9.11. The van der Waals surface area contributed by atoms with Crippen LogP contribution in [0.4, 0.5) is 0 Å². The molecule has 1 unspecified atom stereocenters. The maximum atomic E-state index is 9.77. The summed E-state index contributed by atoms with van der Waals surface area (Å²) in [5.74, 6) is 0. The van der Waals surface area contributed by atoms with Gasteiger partial charge in [0.15, 0.2) is 6.29 Å². The molecule has 2 N–H and O–H groups in total.